The maximum atomic E-state index is 5.87. The predicted molar refractivity (Wildman–Crippen MR) is 99.2 cm³/mol. The van der Waals surface area contributed by atoms with Crippen LogP contribution in [0.15, 0.2) is 35.9 Å². The summed E-state index contributed by atoms with van der Waals surface area (Å²) in [5.74, 6) is 0.946. The van der Waals surface area contributed by atoms with E-state index < -0.39 is 0 Å². The minimum atomic E-state index is 0.0343. The first-order valence-electron chi connectivity index (χ1n) is 9.04. The topological polar surface area (TPSA) is 18.5 Å². The van der Waals surface area contributed by atoms with Crippen LogP contribution in [0.5, 0.6) is 5.75 Å². The molecular formula is C21H34O2. The summed E-state index contributed by atoms with van der Waals surface area (Å²) in [6.45, 7) is 12.3. The molecule has 1 atom stereocenters. The van der Waals surface area contributed by atoms with E-state index in [1.165, 1.54) is 11.1 Å². The van der Waals surface area contributed by atoms with Crippen LogP contribution in [0.25, 0.3) is 0 Å². The van der Waals surface area contributed by atoms with Crippen molar-refractivity contribution in [1.82, 2.24) is 0 Å². The molecule has 0 radical (unpaired) electrons. The van der Waals surface area contributed by atoms with Crippen molar-refractivity contribution in [3.05, 3.63) is 41.5 Å². The molecule has 1 rings (SSSR count). The van der Waals surface area contributed by atoms with E-state index in [1.807, 2.05) is 0 Å². The molecule has 0 amide bonds. The van der Waals surface area contributed by atoms with Gasteiger partial charge in [-0.15, -0.1) is 0 Å². The fourth-order valence-electron chi connectivity index (χ4n) is 2.64. The summed E-state index contributed by atoms with van der Waals surface area (Å²) in [5.41, 5.74) is 2.77. The maximum Gasteiger partial charge on any atom is 0.119 e. The average molecular weight is 319 g/mol. The van der Waals surface area contributed by atoms with Crippen LogP contribution in [0, 0.1) is 0 Å². The highest BCUT2D eigenvalue weighted by Crippen LogP contribution is 2.23. The van der Waals surface area contributed by atoms with Gasteiger partial charge in [-0.25, -0.2) is 0 Å². The molecule has 2 heteroatoms. The van der Waals surface area contributed by atoms with Gasteiger partial charge in [-0.2, -0.15) is 0 Å². The lowest BCUT2D eigenvalue weighted by Crippen LogP contribution is -2.27. The van der Waals surface area contributed by atoms with Crippen LogP contribution in [-0.4, -0.2) is 18.8 Å². The van der Waals surface area contributed by atoms with Gasteiger partial charge < -0.3 is 9.47 Å². The third-order valence-corrected chi connectivity index (χ3v) is 4.53. The van der Waals surface area contributed by atoms with E-state index in [0.29, 0.717) is 6.61 Å². The molecule has 1 unspecified atom stereocenters. The number of aryl methyl sites for hydroxylation is 1. The molecule has 0 bridgehead atoms. The van der Waals surface area contributed by atoms with Crippen LogP contribution in [0.2, 0.25) is 0 Å². The monoisotopic (exact) mass is 318 g/mol. The van der Waals surface area contributed by atoms with Crippen LogP contribution >= 0.6 is 0 Å². The standard InChI is InChI=1S/C21H34O2/c1-6-19-11-13-20(14-12-19)22-17-15-18(4)10-9-16-21(5,7-2)23-8-3/h11-15H,6-10,16-17H2,1-5H3. The third kappa shape index (κ3) is 7.69. The van der Waals surface area contributed by atoms with Crippen LogP contribution in [0.4, 0.5) is 0 Å². The van der Waals surface area contributed by atoms with E-state index in [0.717, 1.165) is 44.5 Å². The SMILES string of the molecule is CCOC(C)(CC)CCCC(C)=CCOc1ccc(CC)cc1. The second kappa shape index (κ2) is 10.5. The van der Waals surface area contributed by atoms with Crippen molar-refractivity contribution in [3.63, 3.8) is 0 Å². The van der Waals surface area contributed by atoms with Crippen LogP contribution in [0.1, 0.15) is 65.9 Å². The van der Waals surface area contributed by atoms with E-state index in [4.69, 9.17) is 9.47 Å². The number of allylic oxidation sites excluding steroid dienone is 1. The zero-order valence-electron chi connectivity index (χ0n) is 15.7. The highest BCUT2D eigenvalue weighted by Gasteiger charge is 2.21. The van der Waals surface area contributed by atoms with Crippen molar-refractivity contribution in [2.24, 2.45) is 0 Å². The quantitative estimate of drug-likeness (QED) is 0.469. The molecule has 23 heavy (non-hydrogen) atoms. The van der Waals surface area contributed by atoms with Gasteiger partial charge in [0.15, 0.2) is 0 Å². The van der Waals surface area contributed by atoms with Gasteiger partial charge in [0.25, 0.3) is 0 Å². The zero-order chi connectivity index (χ0) is 17.1. The highest BCUT2D eigenvalue weighted by molar-refractivity contribution is 5.27. The van der Waals surface area contributed by atoms with Gasteiger partial charge in [-0.3, -0.25) is 0 Å². The molecule has 0 N–H and O–H groups in total. The molecule has 130 valence electrons. The summed E-state index contributed by atoms with van der Waals surface area (Å²) in [7, 11) is 0. The number of hydrogen-bond acceptors (Lipinski definition) is 2. The van der Waals surface area contributed by atoms with Crippen molar-refractivity contribution in [2.75, 3.05) is 13.2 Å². The van der Waals surface area contributed by atoms with Crippen molar-refractivity contribution in [3.8, 4) is 5.75 Å². The molecule has 0 aliphatic rings. The average Bonchev–Trinajstić information content (AvgIpc) is 2.56. The second-order valence-corrected chi connectivity index (χ2v) is 6.45. The van der Waals surface area contributed by atoms with Crippen molar-refractivity contribution < 1.29 is 9.47 Å². The Morgan fingerprint density at radius 2 is 1.83 bits per heavy atom. The summed E-state index contributed by atoms with van der Waals surface area (Å²) >= 11 is 0. The Kier molecular flexibility index (Phi) is 9.01. The molecule has 2 nitrogen and oxygen atoms in total. The molecule has 0 aromatic heterocycles. The first-order valence-corrected chi connectivity index (χ1v) is 9.04. The third-order valence-electron chi connectivity index (χ3n) is 4.53. The fraction of sp³-hybridized carbons (Fsp3) is 0.619. The molecule has 0 fully saturated rings. The number of rotatable bonds is 11. The van der Waals surface area contributed by atoms with Gasteiger partial charge >= 0.3 is 0 Å². The Morgan fingerprint density at radius 3 is 2.39 bits per heavy atom. The number of benzene rings is 1. The lowest BCUT2D eigenvalue weighted by molar-refractivity contribution is -0.0348. The van der Waals surface area contributed by atoms with E-state index in [9.17, 15) is 0 Å². The highest BCUT2D eigenvalue weighted by atomic mass is 16.5. The smallest absolute Gasteiger partial charge is 0.119 e. The molecule has 0 heterocycles. The summed E-state index contributed by atoms with van der Waals surface area (Å²) in [4.78, 5) is 0. The van der Waals surface area contributed by atoms with Crippen LogP contribution in [-0.2, 0) is 11.2 Å². The van der Waals surface area contributed by atoms with E-state index >= 15 is 0 Å². The van der Waals surface area contributed by atoms with E-state index in [-0.39, 0.29) is 5.60 Å². The fourth-order valence-corrected chi connectivity index (χ4v) is 2.64. The summed E-state index contributed by atoms with van der Waals surface area (Å²) < 4.78 is 11.7. The molecule has 0 saturated heterocycles. The van der Waals surface area contributed by atoms with Gasteiger partial charge in [0, 0.05) is 6.61 Å². The largest absolute Gasteiger partial charge is 0.490 e. The molecule has 0 aliphatic carbocycles. The predicted octanol–water partition coefficient (Wildman–Crippen LogP) is 5.95. The minimum Gasteiger partial charge on any atom is -0.490 e. The van der Waals surface area contributed by atoms with Crippen LogP contribution < -0.4 is 4.74 Å². The van der Waals surface area contributed by atoms with E-state index in [1.54, 1.807) is 0 Å². The Bertz CT molecular complexity index is 461. The summed E-state index contributed by atoms with van der Waals surface area (Å²) in [6.07, 6.45) is 7.72. The van der Waals surface area contributed by atoms with Crippen molar-refractivity contribution >= 4 is 0 Å². The van der Waals surface area contributed by atoms with Gasteiger partial charge in [0.1, 0.15) is 12.4 Å². The van der Waals surface area contributed by atoms with Crippen molar-refractivity contribution in [1.29, 1.82) is 0 Å². The summed E-state index contributed by atoms with van der Waals surface area (Å²) in [6, 6.07) is 8.37. The van der Waals surface area contributed by atoms with Crippen LogP contribution in [0.3, 0.4) is 0 Å². The molecule has 1 aromatic rings. The lowest BCUT2D eigenvalue weighted by Gasteiger charge is -2.28. The second-order valence-electron chi connectivity index (χ2n) is 6.45. The molecule has 0 aliphatic heterocycles. The summed E-state index contributed by atoms with van der Waals surface area (Å²) in [5, 5.41) is 0. The normalized spacial score (nSPS) is 14.6. The molecule has 0 saturated carbocycles. The maximum absolute atomic E-state index is 5.87. The first kappa shape index (κ1) is 19.8. The van der Waals surface area contributed by atoms with Gasteiger partial charge in [0.05, 0.1) is 5.60 Å². The lowest BCUT2D eigenvalue weighted by atomic mass is 9.94. The van der Waals surface area contributed by atoms with E-state index in [2.05, 4.69) is 65.0 Å². The van der Waals surface area contributed by atoms with Gasteiger partial charge in [-0.05, 0) is 76.6 Å². The number of ether oxygens (including phenoxy) is 2. The Morgan fingerprint density at radius 1 is 1.13 bits per heavy atom. The Hall–Kier alpha value is -1.28. The zero-order valence-corrected chi connectivity index (χ0v) is 15.7. The van der Waals surface area contributed by atoms with Crippen molar-refractivity contribution in [2.45, 2.75) is 72.3 Å². The first-order chi connectivity index (χ1) is 11.0. The molecule has 0 spiro atoms. The molecular weight excluding hydrogens is 284 g/mol. The Balaban J connectivity index is 2.31. The Labute approximate surface area is 142 Å². The molecule has 1 aromatic carbocycles. The van der Waals surface area contributed by atoms with Gasteiger partial charge in [-0.1, -0.05) is 31.6 Å². The number of hydrogen-bond donors (Lipinski definition) is 0. The van der Waals surface area contributed by atoms with Gasteiger partial charge in [0.2, 0.25) is 0 Å². The minimum absolute atomic E-state index is 0.0343.